The van der Waals surface area contributed by atoms with Crippen LogP contribution >= 0.6 is 0 Å². The third kappa shape index (κ3) is 4.91. The number of carbonyl (C=O) groups is 1. The van der Waals surface area contributed by atoms with Gasteiger partial charge in [-0.15, -0.1) is 0 Å². The zero-order valence-electron chi connectivity index (χ0n) is 22.5. The van der Waals surface area contributed by atoms with Gasteiger partial charge in [-0.2, -0.15) is 5.10 Å². The Morgan fingerprint density at radius 3 is 2.66 bits per heavy atom. The quantitative estimate of drug-likeness (QED) is 0.492. The number of hydrogen-bond donors (Lipinski definition) is 1. The van der Waals surface area contributed by atoms with E-state index in [-0.39, 0.29) is 18.7 Å². The van der Waals surface area contributed by atoms with Crippen molar-refractivity contribution in [1.29, 1.82) is 0 Å². The summed E-state index contributed by atoms with van der Waals surface area (Å²) in [5.41, 5.74) is 3.57. The summed E-state index contributed by atoms with van der Waals surface area (Å²) in [4.78, 5) is 22.9. The van der Waals surface area contributed by atoms with E-state index in [0.717, 1.165) is 54.4 Å². The van der Waals surface area contributed by atoms with Gasteiger partial charge in [-0.3, -0.25) is 9.69 Å². The molecular formula is C29H38N6O3. The Bertz CT molecular complexity index is 1290. The van der Waals surface area contributed by atoms with E-state index in [1.807, 2.05) is 21.8 Å². The van der Waals surface area contributed by atoms with Crippen LogP contribution < -0.4 is 14.8 Å². The minimum absolute atomic E-state index is 0.0460. The van der Waals surface area contributed by atoms with Crippen LogP contribution in [0.1, 0.15) is 61.9 Å². The molecule has 0 radical (unpaired) electrons. The number of pyridine rings is 1. The number of hydrogen-bond acceptors (Lipinski definition) is 7. The topological polar surface area (TPSA) is 84.8 Å². The molecule has 0 bridgehead atoms. The van der Waals surface area contributed by atoms with Gasteiger partial charge in [-0.05, 0) is 50.3 Å². The molecule has 38 heavy (non-hydrogen) atoms. The van der Waals surface area contributed by atoms with Crippen molar-refractivity contribution in [3.8, 4) is 11.5 Å². The highest BCUT2D eigenvalue weighted by atomic mass is 16.7. The first-order valence-corrected chi connectivity index (χ1v) is 14.1. The Kier molecular flexibility index (Phi) is 7.10. The normalized spacial score (nSPS) is 19.2. The third-order valence-electron chi connectivity index (χ3n) is 8.43. The number of nitrogens with zero attached hydrogens (tertiary/aromatic N) is 5. The van der Waals surface area contributed by atoms with Gasteiger partial charge >= 0.3 is 0 Å². The lowest BCUT2D eigenvalue weighted by Crippen LogP contribution is -2.48. The van der Waals surface area contributed by atoms with E-state index in [2.05, 4.69) is 46.3 Å². The molecule has 1 saturated carbocycles. The van der Waals surface area contributed by atoms with Crippen LogP contribution in [0.4, 0.5) is 5.69 Å². The van der Waals surface area contributed by atoms with Crippen molar-refractivity contribution in [1.82, 2.24) is 24.6 Å². The lowest BCUT2D eigenvalue weighted by Gasteiger charge is -2.35. The summed E-state index contributed by atoms with van der Waals surface area (Å²) in [6.07, 6.45) is 10.0. The standard InChI is InChI=1S/C29H38N6O3/c1-3-35-28-23(17-31-35)27(32-20(2)22-7-5-4-6-8-22)24(16-30-28)29(36)34-13-11-33(12-14-34)18-21-9-10-25-26(15-21)38-19-37-25/h9-10,15-17,20,22H,3-8,11-14,18-19H2,1-2H3,(H,30,32). The molecule has 3 aliphatic rings. The average Bonchev–Trinajstić information content (AvgIpc) is 3.60. The number of carbonyl (C=O) groups excluding carboxylic acids is 1. The van der Waals surface area contributed by atoms with Crippen molar-refractivity contribution in [3.63, 3.8) is 0 Å². The smallest absolute Gasteiger partial charge is 0.257 e. The second-order valence-electron chi connectivity index (χ2n) is 10.8. The molecular weight excluding hydrogens is 480 g/mol. The van der Waals surface area contributed by atoms with Crippen LogP contribution in [0.3, 0.4) is 0 Å². The van der Waals surface area contributed by atoms with Gasteiger partial charge in [0.05, 0.1) is 22.8 Å². The molecule has 9 nitrogen and oxygen atoms in total. The fraction of sp³-hybridized carbons (Fsp3) is 0.552. The molecule has 1 amide bonds. The summed E-state index contributed by atoms with van der Waals surface area (Å²) in [6.45, 7) is 9.20. The van der Waals surface area contributed by atoms with Crippen molar-refractivity contribution >= 4 is 22.6 Å². The highest BCUT2D eigenvalue weighted by Gasteiger charge is 2.28. The van der Waals surface area contributed by atoms with Gasteiger partial charge in [0.1, 0.15) is 0 Å². The van der Waals surface area contributed by atoms with Crippen LogP contribution in [0.5, 0.6) is 11.5 Å². The first-order chi connectivity index (χ1) is 18.6. The molecule has 9 heteroatoms. The van der Waals surface area contributed by atoms with E-state index in [9.17, 15) is 4.79 Å². The number of fused-ring (bicyclic) bond motifs is 2. The molecule has 1 aromatic carbocycles. The number of anilines is 1. The molecule has 1 atom stereocenters. The second kappa shape index (κ2) is 10.8. The Balaban J connectivity index is 1.17. The van der Waals surface area contributed by atoms with Crippen molar-refractivity contribution in [2.75, 3.05) is 38.3 Å². The summed E-state index contributed by atoms with van der Waals surface area (Å²) in [6, 6.07) is 6.41. The number of amides is 1. The Morgan fingerprint density at radius 2 is 1.87 bits per heavy atom. The van der Waals surface area contributed by atoms with Gasteiger partial charge in [0.15, 0.2) is 17.1 Å². The summed E-state index contributed by atoms with van der Waals surface area (Å²) in [7, 11) is 0. The van der Waals surface area contributed by atoms with Gasteiger partial charge in [0.25, 0.3) is 5.91 Å². The minimum atomic E-state index is 0.0460. The first kappa shape index (κ1) is 25.0. The molecule has 4 heterocycles. The van der Waals surface area contributed by atoms with Crippen molar-refractivity contribution in [3.05, 3.63) is 41.7 Å². The second-order valence-corrected chi connectivity index (χ2v) is 10.8. The van der Waals surface area contributed by atoms with Crippen LogP contribution in [0.2, 0.25) is 0 Å². The lowest BCUT2D eigenvalue weighted by atomic mass is 9.84. The highest BCUT2D eigenvalue weighted by molar-refractivity contribution is 6.06. The summed E-state index contributed by atoms with van der Waals surface area (Å²) >= 11 is 0. The maximum absolute atomic E-state index is 13.9. The Labute approximate surface area is 224 Å². The Hall–Kier alpha value is -3.33. The van der Waals surface area contributed by atoms with E-state index in [0.29, 0.717) is 24.6 Å². The average molecular weight is 519 g/mol. The highest BCUT2D eigenvalue weighted by Crippen LogP contribution is 2.34. The summed E-state index contributed by atoms with van der Waals surface area (Å²) in [5.74, 6) is 2.29. The van der Waals surface area contributed by atoms with Crippen LogP contribution in [-0.2, 0) is 13.1 Å². The number of nitrogens with one attached hydrogen (secondary N) is 1. The number of aromatic nitrogens is 3. The SMILES string of the molecule is CCn1ncc2c(NC(C)C3CCCCC3)c(C(=O)N3CCN(Cc4ccc5c(c4)OCO5)CC3)cnc21. The number of piperazine rings is 1. The molecule has 2 fully saturated rings. The molecule has 0 spiro atoms. The largest absolute Gasteiger partial charge is 0.454 e. The van der Waals surface area contributed by atoms with Gasteiger partial charge in [-0.25, -0.2) is 9.67 Å². The van der Waals surface area contributed by atoms with Crippen molar-refractivity contribution in [2.24, 2.45) is 5.92 Å². The monoisotopic (exact) mass is 518 g/mol. The number of rotatable bonds is 7. The molecule has 1 N–H and O–H groups in total. The van der Waals surface area contributed by atoms with Crippen molar-refractivity contribution in [2.45, 2.75) is 65.1 Å². The van der Waals surface area contributed by atoms with E-state index in [1.165, 1.54) is 37.7 Å². The number of ether oxygens (including phenoxy) is 2. The zero-order valence-corrected chi connectivity index (χ0v) is 22.5. The first-order valence-electron chi connectivity index (χ1n) is 14.1. The molecule has 2 aliphatic heterocycles. The predicted molar refractivity (Wildman–Crippen MR) is 147 cm³/mol. The van der Waals surface area contributed by atoms with Gasteiger partial charge in [0, 0.05) is 51.5 Å². The molecule has 3 aromatic rings. The Morgan fingerprint density at radius 1 is 1.08 bits per heavy atom. The van der Waals surface area contributed by atoms with E-state index >= 15 is 0 Å². The molecule has 2 aromatic heterocycles. The molecule has 1 aliphatic carbocycles. The van der Waals surface area contributed by atoms with Crippen molar-refractivity contribution < 1.29 is 14.3 Å². The fourth-order valence-corrected chi connectivity index (χ4v) is 6.13. The van der Waals surface area contributed by atoms with Crippen LogP contribution in [0.15, 0.2) is 30.6 Å². The summed E-state index contributed by atoms with van der Waals surface area (Å²) < 4.78 is 12.9. The maximum atomic E-state index is 13.9. The molecule has 1 saturated heterocycles. The van der Waals surface area contributed by atoms with Gasteiger partial charge in [-0.1, -0.05) is 25.3 Å². The van der Waals surface area contributed by atoms with Gasteiger partial charge < -0.3 is 19.7 Å². The molecule has 1 unspecified atom stereocenters. The van der Waals surface area contributed by atoms with E-state index in [4.69, 9.17) is 9.47 Å². The summed E-state index contributed by atoms with van der Waals surface area (Å²) in [5, 5.41) is 9.25. The fourth-order valence-electron chi connectivity index (χ4n) is 6.13. The lowest BCUT2D eigenvalue weighted by molar-refractivity contribution is 0.0629. The molecule has 6 rings (SSSR count). The van der Waals surface area contributed by atoms with Crippen LogP contribution in [0.25, 0.3) is 11.0 Å². The number of benzene rings is 1. The predicted octanol–water partition coefficient (Wildman–Crippen LogP) is 4.52. The minimum Gasteiger partial charge on any atom is -0.454 e. The van der Waals surface area contributed by atoms with Crippen LogP contribution in [-0.4, -0.2) is 69.5 Å². The van der Waals surface area contributed by atoms with Gasteiger partial charge in [0.2, 0.25) is 6.79 Å². The molecule has 202 valence electrons. The van der Waals surface area contributed by atoms with E-state index < -0.39 is 0 Å². The maximum Gasteiger partial charge on any atom is 0.257 e. The third-order valence-corrected chi connectivity index (χ3v) is 8.43. The van der Waals surface area contributed by atoms with E-state index in [1.54, 1.807) is 6.20 Å². The zero-order chi connectivity index (χ0) is 26.1. The van der Waals surface area contributed by atoms with Crippen LogP contribution in [0, 0.1) is 5.92 Å². The number of aryl methyl sites for hydroxylation is 1.